The van der Waals surface area contributed by atoms with Gasteiger partial charge in [0.15, 0.2) is 5.78 Å². The fourth-order valence-corrected chi connectivity index (χ4v) is 2.16. The number of hydrogen-bond donors (Lipinski definition) is 1. The zero-order valence-corrected chi connectivity index (χ0v) is 12.5. The first-order valence-corrected chi connectivity index (χ1v) is 7.48. The van der Waals surface area contributed by atoms with Crippen LogP contribution < -0.4 is 4.74 Å². The first-order valence-electron chi connectivity index (χ1n) is 7.48. The average Bonchev–Trinajstić information content (AvgIpc) is 3.00. The molecular formula is C17H22N2O2. The summed E-state index contributed by atoms with van der Waals surface area (Å²) in [6.07, 6.45) is 9.22. The van der Waals surface area contributed by atoms with Gasteiger partial charge in [0.25, 0.3) is 0 Å². The minimum atomic E-state index is 0.0816. The summed E-state index contributed by atoms with van der Waals surface area (Å²) in [5, 5.41) is 0. The predicted molar refractivity (Wildman–Crippen MR) is 82.7 cm³/mol. The van der Waals surface area contributed by atoms with Gasteiger partial charge in [0, 0.05) is 24.4 Å². The SMILES string of the molecule is CC(=O)c1ccc(OCCCCCCc2ncc[nH]2)cc1. The third-order valence-corrected chi connectivity index (χ3v) is 3.39. The first-order chi connectivity index (χ1) is 10.3. The Bertz CT molecular complexity index is 532. The molecule has 0 aliphatic heterocycles. The summed E-state index contributed by atoms with van der Waals surface area (Å²) in [6.45, 7) is 2.29. The summed E-state index contributed by atoms with van der Waals surface area (Å²) >= 11 is 0. The second-order valence-corrected chi connectivity index (χ2v) is 5.13. The Morgan fingerprint density at radius 2 is 1.90 bits per heavy atom. The Labute approximate surface area is 125 Å². The number of benzene rings is 1. The fourth-order valence-electron chi connectivity index (χ4n) is 2.16. The zero-order valence-electron chi connectivity index (χ0n) is 12.5. The molecule has 2 aromatic rings. The molecular weight excluding hydrogens is 264 g/mol. The van der Waals surface area contributed by atoms with E-state index in [4.69, 9.17) is 4.74 Å². The van der Waals surface area contributed by atoms with Gasteiger partial charge >= 0.3 is 0 Å². The van der Waals surface area contributed by atoms with Gasteiger partial charge < -0.3 is 9.72 Å². The van der Waals surface area contributed by atoms with Crippen LogP contribution in [0.15, 0.2) is 36.7 Å². The van der Waals surface area contributed by atoms with Crippen LogP contribution in [0.1, 0.15) is 48.8 Å². The molecule has 4 heteroatoms. The van der Waals surface area contributed by atoms with E-state index in [1.165, 1.54) is 6.42 Å². The molecule has 0 bridgehead atoms. The van der Waals surface area contributed by atoms with E-state index in [1.807, 2.05) is 18.3 Å². The molecule has 0 atom stereocenters. The number of hydrogen-bond acceptors (Lipinski definition) is 3. The van der Waals surface area contributed by atoms with Gasteiger partial charge in [0.1, 0.15) is 11.6 Å². The second-order valence-electron chi connectivity index (χ2n) is 5.13. The average molecular weight is 286 g/mol. The van der Waals surface area contributed by atoms with Gasteiger partial charge in [-0.25, -0.2) is 4.98 Å². The van der Waals surface area contributed by atoms with Crippen LogP contribution in [0.5, 0.6) is 5.75 Å². The number of carbonyl (C=O) groups excluding carboxylic acids is 1. The Kier molecular flexibility index (Phi) is 6.00. The van der Waals surface area contributed by atoms with E-state index < -0.39 is 0 Å². The summed E-state index contributed by atoms with van der Waals surface area (Å²) in [5.74, 6) is 1.98. The third-order valence-electron chi connectivity index (χ3n) is 3.39. The number of nitrogens with one attached hydrogen (secondary N) is 1. The van der Waals surface area contributed by atoms with E-state index in [0.717, 1.165) is 49.4 Å². The van der Waals surface area contributed by atoms with Gasteiger partial charge in [0.2, 0.25) is 0 Å². The number of aromatic nitrogens is 2. The van der Waals surface area contributed by atoms with Gasteiger partial charge in [-0.3, -0.25) is 4.79 Å². The molecule has 0 amide bonds. The highest BCUT2D eigenvalue weighted by Gasteiger charge is 2.00. The molecule has 0 aliphatic carbocycles. The van der Waals surface area contributed by atoms with Gasteiger partial charge in [0.05, 0.1) is 6.61 Å². The van der Waals surface area contributed by atoms with Crippen LogP contribution in [0.25, 0.3) is 0 Å². The lowest BCUT2D eigenvalue weighted by atomic mass is 10.1. The van der Waals surface area contributed by atoms with E-state index in [9.17, 15) is 4.79 Å². The Balaban J connectivity index is 1.54. The van der Waals surface area contributed by atoms with Crippen molar-refractivity contribution in [2.75, 3.05) is 6.61 Å². The molecule has 1 aromatic carbocycles. The smallest absolute Gasteiger partial charge is 0.159 e. The number of nitrogens with zero attached hydrogens (tertiary/aromatic N) is 1. The minimum absolute atomic E-state index is 0.0816. The largest absolute Gasteiger partial charge is 0.494 e. The normalized spacial score (nSPS) is 10.5. The van der Waals surface area contributed by atoms with Gasteiger partial charge in [-0.05, 0) is 44.0 Å². The number of H-pyrrole nitrogens is 1. The third kappa shape index (κ3) is 5.42. The van der Waals surface area contributed by atoms with Crippen LogP contribution in [-0.2, 0) is 6.42 Å². The maximum atomic E-state index is 11.2. The molecule has 0 spiro atoms. The predicted octanol–water partition coefficient (Wildman–Crippen LogP) is 3.79. The maximum Gasteiger partial charge on any atom is 0.159 e. The Morgan fingerprint density at radius 1 is 1.14 bits per heavy atom. The molecule has 1 N–H and O–H groups in total. The number of ether oxygens (including phenoxy) is 1. The topological polar surface area (TPSA) is 55.0 Å². The fraction of sp³-hybridized carbons (Fsp3) is 0.412. The molecule has 4 nitrogen and oxygen atoms in total. The van der Waals surface area contributed by atoms with Crippen molar-refractivity contribution in [3.05, 3.63) is 48.0 Å². The van der Waals surface area contributed by atoms with Crippen molar-refractivity contribution in [2.45, 2.75) is 39.0 Å². The van der Waals surface area contributed by atoms with Crippen molar-refractivity contribution in [1.82, 2.24) is 9.97 Å². The van der Waals surface area contributed by atoms with Gasteiger partial charge in [-0.15, -0.1) is 0 Å². The van der Waals surface area contributed by atoms with E-state index in [0.29, 0.717) is 0 Å². The monoisotopic (exact) mass is 286 g/mol. The molecule has 0 saturated heterocycles. The molecule has 112 valence electrons. The lowest BCUT2D eigenvalue weighted by Gasteiger charge is -2.06. The zero-order chi connectivity index (χ0) is 14.9. The Hall–Kier alpha value is -2.10. The summed E-state index contributed by atoms with van der Waals surface area (Å²) in [7, 11) is 0. The lowest BCUT2D eigenvalue weighted by Crippen LogP contribution is -1.98. The maximum absolute atomic E-state index is 11.2. The van der Waals surface area contributed by atoms with Crippen molar-refractivity contribution in [2.24, 2.45) is 0 Å². The van der Waals surface area contributed by atoms with Crippen LogP contribution in [0, 0.1) is 0 Å². The van der Waals surface area contributed by atoms with Crippen LogP contribution in [-0.4, -0.2) is 22.4 Å². The number of ketones is 1. The summed E-state index contributed by atoms with van der Waals surface area (Å²) in [6, 6.07) is 7.32. The van der Waals surface area contributed by atoms with E-state index in [-0.39, 0.29) is 5.78 Å². The van der Waals surface area contributed by atoms with Crippen molar-refractivity contribution in [3.63, 3.8) is 0 Å². The van der Waals surface area contributed by atoms with Crippen molar-refractivity contribution >= 4 is 5.78 Å². The van der Waals surface area contributed by atoms with Gasteiger partial charge in [-0.2, -0.15) is 0 Å². The van der Waals surface area contributed by atoms with Crippen molar-refractivity contribution in [1.29, 1.82) is 0 Å². The number of aryl methyl sites for hydroxylation is 1. The summed E-state index contributed by atoms with van der Waals surface area (Å²) < 4.78 is 5.66. The van der Waals surface area contributed by atoms with Crippen LogP contribution in [0.3, 0.4) is 0 Å². The molecule has 1 aromatic heterocycles. The lowest BCUT2D eigenvalue weighted by molar-refractivity contribution is 0.101. The molecule has 0 saturated carbocycles. The summed E-state index contributed by atoms with van der Waals surface area (Å²) in [5.41, 5.74) is 0.722. The highest BCUT2D eigenvalue weighted by molar-refractivity contribution is 5.94. The van der Waals surface area contributed by atoms with E-state index in [2.05, 4.69) is 9.97 Å². The molecule has 0 unspecified atom stereocenters. The molecule has 1 heterocycles. The molecule has 0 aliphatic rings. The quantitative estimate of drug-likeness (QED) is 0.563. The first kappa shape index (κ1) is 15.3. The van der Waals surface area contributed by atoms with Crippen molar-refractivity contribution < 1.29 is 9.53 Å². The van der Waals surface area contributed by atoms with Crippen LogP contribution in [0.2, 0.25) is 0 Å². The number of rotatable bonds is 9. The van der Waals surface area contributed by atoms with Crippen molar-refractivity contribution in [3.8, 4) is 5.75 Å². The van der Waals surface area contributed by atoms with E-state index in [1.54, 1.807) is 25.3 Å². The number of carbonyl (C=O) groups is 1. The summed E-state index contributed by atoms with van der Waals surface area (Å²) in [4.78, 5) is 18.5. The number of unbranched alkanes of at least 4 members (excludes halogenated alkanes) is 3. The molecule has 2 rings (SSSR count). The van der Waals surface area contributed by atoms with Crippen LogP contribution in [0.4, 0.5) is 0 Å². The highest BCUT2D eigenvalue weighted by atomic mass is 16.5. The number of aromatic amines is 1. The molecule has 0 radical (unpaired) electrons. The minimum Gasteiger partial charge on any atom is -0.494 e. The van der Waals surface area contributed by atoms with E-state index >= 15 is 0 Å². The highest BCUT2D eigenvalue weighted by Crippen LogP contribution is 2.13. The van der Waals surface area contributed by atoms with Crippen LogP contribution >= 0.6 is 0 Å². The van der Waals surface area contributed by atoms with Gasteiger partial charge in [-0.1, -0.05) is 12.8 Å². The molecule has 0 fully saturated rings. The Morgan fingerprint density at radius 3 is 2.57 bits per heavy atom. The number of Topliss-reactive ketones (excluding diaryl/α,β-unsaturated/α-hetero) is 1. The molecule has 21 heavy (non-hydrogen) atoms. The number of imidazole rings is 1. The second kappa shape index (κ2) is 8.25. The standard InChI is InChI=1S/C17H22N2O2/c1-14(20)15-7-9-16(10-8-15)21-13-5-3-2-4-6-17-18-11-12-19-17/h7-12H,2-6,13H2,1H3,(H,18,19).